The average molecular weight is 371 g/mol. The van der Waals surface area contributed by atoms with Gasteiger partial charge in [-0.1, -0.05) is 33.6 Å². The van der Waals surface area contributed by atoms with E-state index in [-0.39, 0.29) is 16.7 Å². The minimum atomic E-state index is -0.632. The van der Waals surface area contributed by atoms with Gasteiger partial charge in [-0.25, -0.2) is 4.98 Å². The molecule has 0 aliphatic heterocycles. The van der Waals surface area contributed by atoms with Crippen LogP contribution in [0.4, 0.5) is 11.5 Å². The lowest BCUT2D eigenvalue weighted by atomic mass is 10.1. The number of anilines is 1. The topological polar surface area (TPSA) is 85.1 Å². The summed E-state index contributed by atoms with van der Waals surface area (Å²) in [5.41, 5.74) is 0.807. The van der Waals surface area contributed by atoms with Crippen molar-refractivity contribution in [1.82, 2.24) is 4.98 Å². The van der Waals surface area contributed by atoms with Crippen LogP contribution in [0.2, 0.25) is 5.15 Å². The fourth-order valence-electron chi connectivity index (χ4n) is 1.68. The first-order valence-corrected chi connectivity index (χ1v) is 6.94. The highest BCUT2D eigenvalue weighted by Crippen LogP contribution is 2.25. The van der Waals surface area contributed by atoms with Crippen molar-refractivity contribution in [2.45, 2.75) is 6.92 Å². The number of carbonyl (C=O) groups is 1. The minimum absolute atomic E-state index is 0.0573. The summed E-state index contributed by atoms with van der Waals surface area (Å²) in [7, 11) is 0. The number of amides is 1. The number of carbonyl (C=O) groups excluding carboxylic acids is 1. The van der Waals surface area contributed by atoms with Crippen LogP contribution in [0.25, 0.3) is 0 Å². The molecule has 0 saturated heterocycles. The number of rotatable bonds is 3. The normalized spacial score (nSPS) is 10.2. The number of benzene rings is 1. The second-order valence-electron chi connectivity index (χ2n) is 4.17. The number of nitrogens with one attached hydrogen (secondary N) is 1. The maximum atomic E-state index is 12.2. The van der Waals surface area contributed by atoms with E-state index < -0.39 is 10.8 Å². The quantitative estimate of drug-likeness (QED) is 0.503. The van der Waals surface area contributed by atoms with E-state index >= 15 is 0 Å². The highest BCUT2D eigenvalue weighted by atomic mass is 79.9. The number of pyridine rings is 1. The molecule has 0 aliphatic carbocycles. The Bertz CT molecular complexity index is 737. The van der Waals surface area contributed by atoms with E-state index in [9.17, 15) is 14.9 Å². The van der Waals surface area contributed by atoms with Gasteiger partial charge in [0.25, 0.3) is 5.91 Å². The van der Waals surface area contributed by atoms with E-state index in [0.29, 0.717) is 5.56 Å². The predicted molar refractivity (Wildman–Crippen MR) is 82.7 cm³/mol. The van der Waals surface area contributed by atoms with Crippen molar-refractivity contribution in [3.8, 4) is 0 Å². The molecule has 0 spiro atoms. The molecule has 1 heterocycles. The van der Waals surface area contributed by atoms with Crippen LogP contribution < -0.4 is 5.32 Å². The van der Waals surface area contributed by atoms with Crippen molar-refractivity contribution in [2.75, 3.05) is 5.32 Å². The number of nitro groups is 1. The highest BCUT2D eigenvalue weighted by Gasteiger charge is 2.19. The smallest absolute Gasteiger partial charge is 0.301 e. The van der Waals surface area contributed by atoms with Gasteiger partial charge < -0.3 is 5.32 Å². The third-order valence-electron chi connectivity index (χ3n) is 2.71. The molecule has 0 atom stereocenters. The van der Waals surface area contributed by atoms with Crippen molar-refractivity contribution >= 4 is 44.9 Å². The summed E-state index contributed by atoms with van der Waals surface area (Å²) >= 11 is 8.99. The Morgan fingerprint density at radius 2 is 2.10 bits per heavy atom. The molecule has 1 aromatic carbocycles. The Labute approximate surface area is 133 Å². The highest BCUT2D eigenvalue weighted by molar-refractivity contribution is 9.10. The SMILES string of the molecule is Cc1ccc(Br)cc1C(=O)Nc1nc(Cl)ccc1[N+](=O)[O-]. The largest absolute Gasteiger partial charge is 0.311 e. The molecule has 8 heteroatoms. The number of halogens is 2. The van der Waals surface area contributed by atoms with Gasteiger partial charge in [0.2, 0.25) is 5.82 Å². The van der Waals surface area contributed by atoms with Gasteiger partial charge in [-0.3, -0.25) is 14.9 Å². The second-order valence-corrected chi connectivity index (χ2v) is 5.48. The molecule has 0 bridgehead atoms. The lowest BCUT2D eigenvalue weighted by Gasteiger charge is -2.08. The molecule has 2 aromatic rings. The van der Waals surface area contributed by atoms with Gasteiger partial charge in [-0.2, -0.15) is 0 Å². The molecule has 21 heavy (non-hydrogen) atoms. The first-order valence-electron chi connectivity index (χ1n) is 5.77. The third kappa shape index (κ3) is 3.56. The van der Waals surface area contributed by atoms with E-state index in [4.69, 9.17) is 11.6 Å². The Balaban J connectivity index is 2.38. The van der Waals surface area contributed by atoms with Crippen molar-refractivity contribution in [3.05, 3.63) is 61.2 Å². The molecule has 0 aliphatic rings. The van der Waals surface area contributed by atoms with Crippen LogP contribution >= 0.6 is 27.5 Å². The van der Waals surface area contributed by atoms with Crippen molar-refractivity contribution in [1.29, 1.82) is 0 Å². The summed E-state index contributed by atoms with van der Waals surface area (Å²) in [4.78, 5) is 26.3. The van der Waals surface area contributed by atoms with Crippen molar-refractivity contribution in [3.63, 3.8) is 0 Å². The first-order chi connectivity index (χ1) is 9.88. The van der Waals surface area contributed by atoms with Gasteiger partial charge in [0.15, 0.2) is 0 Å². The molecular weight excluding hydrogens is 362 g/mol. The summed E-state index contributed by atoms with van der Waals surface area (Å²) in [5.74, 6) is -0.677. The Morgan fingerprint density at radius 3 is 2.76 bits per heavy atom. The molecule has 0 saturated carbocycles. The van der Waals surface area contributed by atoms with Crippen molar-refractivity contribution < 1.29 is 9.72 Å². The molecule has 1 N–H and O–H groups in total. The number of nitrogens with zero attached hydrogens (tertiary/aromatic N) is 2. The zero-order chi connectivity index (χ0) is 15.6. The second kappa shape index (κ2) is 6.19. The summed E-state index contributed by atoms with van der Waals surface area (Å²) in [6.45, 7) is 1.77. The van der Waals surface area contributed by atoms with Gasteiger partial charge in [0.05, 0.1) is 4.92 Å². The van der Waals surface area contributed by atoms with Crippen LogP contribution in [-0.2, 0) is 0 Å². The van der Waals surface area contributed by atoms with Crippen LogP contribution in [0.3, 0.4) is 0 Å². The van der Waals surface area contributed by atoms with E-state index in [1.807, 2.05) is 0 Å². The van der Waals surface area contributed by atoms with Gasteiger partial charge in [0.1, 0.15) is 5.15 Å². The molecule has 6 nitrogen and oxygen atoms in total. The Kier molecular flexibility index (Phi) is 4.54. The number of aromatic nitrogens is 1. The van der Waals surface area contributed by atoms with E-state index in [1.165, 1.54) is 12.1 Å². The number of aryl methyl sites for hydroxylation is 1. The number of hydrogen-bond donors (Lipinski definition) is 1. The minimum Gasteiger partial charge on any atom is -0.301 e. The average Bonchev–Trinajstić information content (AvgIpc) is 2.41. The maximum Gasteiger partial charge on any atom is 0.311 e. The molecular formula is C13H9BrClN3O3. The van der Waals surface area contributed by atoms with Crippen LogP contribution in [-0.4, -0.2) is 15.8 Å². The third-order valence-corrected chi connectivity index (χ3v) is 3.42. The standard InChI is InChI=1S/C13H9BrClN3O3/c1-7-2-3-8(14)6-9(7)13(19)17-12-10(18(20)21)4-5-11(15)16-12/h2-6H,1H3,(H,16,17,19). The van der Waals surface area contributed by atoms with E-state index in [0.717, 1.165) is 10.0 Å². The molecule has 0 radical (unpaired) electrons. The summed E-state index contributed by atoms with van der Waals surface area (Å²) in [6.07, 6.45) is 0. The number of hydrogen-bond acceptors (Lipinski definition) is 4. The molecule has 2 rings (SSSR count). The first kappa shape index (κ1) is 15.4. The van der Waals surface area contributed by atoms with E-state index in [1.54, 1.807) is 25.1 Å². The lowest BCUT2D eigenvalue weighted by Crippen LogP contribution is -2.15. The van der Waals surface area contributed by atoms with Crippen LogP contribution in [0.1, 0.15) is 15.9 Å². The van der Waals surface area contributed by atoms with Crippen LogP contribution in [0.15, 0.2) is 34.8 Å². The fourth-order valence-corrected chi connectivity index (χ4v) is 2.19. The summed E-state index contributed by atoms with van der Waals surface area (Å²) < 4.78 is 0.729. The Morgan fingerprint density at radius 1 is 1.38 bits per heavy atom. The van der Waals surface area contributed by atoms with E-state index in [2.05, 4.69) is 26.2 Å². The molecule has 0 fully saturated rings. The molecule has 1 aromatic heterocycles. The summed E-state index contributed by atoms with van der Waals surface area (Å²) in [5, 5.41) is 13.4. The summed E-state index contributed by atoms with van der Waals surface area (Å²) in [6, 6.07) is 7.67. The zero-order valence-corrected chi connectivity index (χ0v) is 13.1. The lowest BCUT2D eigenvalue weighted by molar-refractivity contribution is -0.384. The van der Waals surface area contributed by atoms with Gasteiger partial charge >= 0.3 is 5.69 Å². The van der Waals surface area contributed by atoms with Crippen molar-refractivity contribution in [2.24, 2.45) is 0 Å². The molecule has 108 valence electrons. The zero-order valence-electron chi connectivity index (χ0n) is 10.8. The molecule has 1 amide bonds. The van der Waals surface area contributed by atoms with Gasteiger partial charge in [0, 0.05) is 16.1 Å². The maximum absolute atomic E-state index is 12.2. The molecule has 0 unspecified atom stereocenters. The Hall–Kier alpha value is -1.99. The van der Waals surface area contributed by atoms with Crippen LogP contribution in [0.5, 0.6) is 0 Å². The van der Waals surface area contributed by atoms with Gasteiger partial charge in [-0.15, -0.1) is 0 Å². The monoisotopic (exact) mass is 369 g/mol. The van der Waals surface area contributed by atoms with Gasteiger partial charge in [-0.05, 0) is 30.7 Å². The van der Waals surface area contributed by atoms with Crippen LogP contribution in [0, 0.1) is 17.0 Å². The predicted octanol–water partition coefficient (Wildman–Crippen LogP) is 3.97. The fraction of sp³-hybridized carbons (Fsp3) is 0.0769.